The Morgan fingerprint density at radius 2 is 1.91 bits per heavy atom. The summed E-state index contributed by atoms with van der Waals surface area (Å²) >= 11 is 0. The minimum atomic E-state index is -1.17. The van der Waals surface area contributed by atoms with Gasteiger partial charge in [-0.1, -0.05) is 65.8 Å². The van der Waals surface area contributed by atoms with Crippen LogP contribution in [0, 0.1) is 11.8 Å². The van der Waals surface area contributed by atoms with Crippen molar-refractivity contribution >= 4 is 6.03 Å². The molecule has 8 nitrogen and oxygen atoms in total. The standard InChI is InChI=1S/C27H37N5O3/c1-35-18-9-8-16-27(34,23-13-6-3-7-14-23)24-15-10-17-32(26(28)33)25(24)22(20-30-31-29)19-21-11-4-2-5-12-21/h2-7,11-14,22,24-25,34H,8-10,15-20H2,1H3,(H2,28,33)/t22-,24?,25?,27+/m0/s1. The largest absolute Gasteiger partial charge is 0.385 e. The van der Waals surface area contributed by atoms with Crippen LogP contribution in [0.5, 0.6) is 0 Å². The van der Waals surface area contributed by atoms with Crippen molar-refractivity contribution in [1.82, 2.24) is 4.90 Å². The van der Waals surface area contributed by atoms with Crippen LogP contribution >= 0.6 is 0 Å². The number of rotatable bonds is 12. The number of aliphatic hydroxyl groups is 1. The number of hydrogen-bond donors (Lipinski definition) is 2. The Morgan fingerprint density at radius 1 is 1.23 bits per heavy atom. The predicted molar refractivity (Wildman–Crippen MR) is 137 cm³/mol. The number of ether oxygens (including phenoxy) is 1. The van der Waals surface area contributed by atoms with E-state index in [1.165, 1.54) is 0 Å². The van der Waals surface area contributed by atoms with Crippen LogP contribution in [-0.4, -0.2) is 48.9 Å². The summed E-state index contributed by atoms with van der Waals surface area (Å²) < 4.78 is 5.23. The van der Waals surface area contributed by atoms with E-state index in [0.717, 1.165) is 36.8 Å². The molecule has 2 aromatic rings. The molecule has 0 spiro atoms. The number of hydrogen-bond acceptors (Lipinski definition) is 4. The molecule has 1 aliphatic heterocycles. The number of methoxy groups -OCH3 is 1. The zero-order valence-electron chi connectivity index (χ0n) is 20.5. The van der Waals surface area contributed by atoms with E-state index in [2.05, 4.69) is 10.0 Å². The van der Waals surface area contributed by atoms with Crippen molar-refractivity contribution in [1.29, 1.82) is 0 Å². The third kappa shape index (κ3) is 6.75. The highest BCUT2D eigenvalue weighted by Gasteiger charge is 2.49. The highest BCUT2D eigenvalue weighted by Crippen LogP contribution is 2.45. The Morgan fingerprint density at radius 3 is 2.54 bits per heavy atom. The van der Waals surface area contributed by atoms with Gasteiger partial charge in [-0.05, 0) is 61.1 Å². The Bertz CT molecular complexity index is 967. The van der Waals surface area contributed by atoms with Crippen LogP contribution in [-0.2, 0) is 16.8 Å². The molecule has 4 atom stereocenters. The SMILES string of the molecule is COCCCC[C@@](O)(c1ccccc1)C1CCCN(C(N)=O)C1[C@H](CN=[N+]=[N-])Cc1ccccc1. The van der Waals surface area contributed by atoms with Gasteiger partial charge in [0.2, 0.25) is 0 Å². The van der Waals surface area contributed by atoms with Gasteiger partial charge in [0.25, 0.3) is 0 Å². The maximum atomic E-state index is 12.7. The molecule has 3 rings (SSSR count). The zero-order chi connectivity index (χ0) is 25.1. The van der Waals surface area contributed by atoms with E-state index in [4.69, 9.17) is 16.0 Å². The van der Waals surface area contributed by atoms with Gasteiger partial charge >= 0.3 is 6.03 Å². The van der Waals surface area contributed by atoms with E-state index in [1.54, 1.807) is 12.0 Å². The average Bonchev–Trinajstić information content (AvgIpc) is 2.89. The molecule has 2 aromatic carbocycles. The fraction of sp³-hybridized carbons (Fsp3) is 0.519. The lowest BCUT2D eigenvalue weighted by atomic mass is 9.66. The number of nitrogens with two attached hydrogens (primary N) is 1. The van der Waals surface area contributed by atoms with Crippen LogP contribution in [0.2, 0.25) is 0 Å². The van der Waals surface area contributed by atoms with E-state index in [0.29, 0.717) is 26.0 Å². The minimum Gasteiger partial charge on any atom is -0.385 e. The first kappa shape index (κ1) is 26.5. The highest BCUT2D eigenvalue weighted by atomic mass is 16.5. The molecule has 1 saturated heterocycles. The molecule has 2 unspecified atom stereocenters. The quantitative estimate of drug-likeness (QED) is 0.192. The number of amides is 2. The maximum absolute atomic E-state index is 12.7. The summed E-state index contributed by atoms with van der Waals surface area (Å²) in [6.07, 6.45) is 4.24. The molecular weight excluding hydrogens is 442 g/mol. The van der Waals surface area contributed by atoms with Crippen molar-refractivity contribution in [3.63, 3.8) is 0 Å². The third-order valence-electron chi connectivity index (χ3n) is 7.22. The molecule has 0 radical (unpaired) electrons. The summed E-state index contributed by atoms with van der Waals surface area (Å²) in [6.45, 7) is 1.36. The Hall–Kier alpha value is -3.06. The van der Waals surface area contributed by atoms with E-state index < -0.39 is 11.6 Å². The Kier molecular flexibility index (Phi) is 9.97. The van der Waals surface area contributed by atoms with Crippen molar-refractivity contribution in [2.24, 2.45) is 22.7 Å². The minimum absolute atomic E-state index is 0.194. The topological polar surface area (TPSA) is 125 Å². The first-order valence-corrected chi connectivity index (χ1v) is 12.4. The zero-order valence-corrected chi connectivity index (χ0v) is 20.5. The van der Waals surface area contributed by atoms with Gasteiger partial charge in [-0.3, -0.25) is 0 Å². The molecule has 1 heterocycles. The molecule has 0 bridgehead atoms. The molecule has 8 heteroatoms. The molecule has 0 aliphatic carbocycles. The smallest absolute Gasteiger partial charge is 0.315 e. The number of likely N-dealkylation sites (tertiary alicyclic amines) is 1. The van der Waals surface area contributed by atoms with Gasteiger partial charge in [0.15, 0.2) is 0 Å². The number of piperidine rings is 1. The second kappa shape index (κ2) is 13.1. The fourth-order valence-corrected chi connectivity index (χ4v) is 5.64. The summed E-state index contributed by atoms with van der Waals surface area (Å²) in [7, 11) is 1.68. The lowest BCUT2D eigenvalue weighted by Gasteiger charge is -2.51. The summed E-state index contributed by atoms with van der Waals surface area (Å²) in [6, 6.07) is 18.8. The summed E-state index contributed by atoms with van der Waals surface area (Å²) in [4.78, 5) is 17.4. The van der Waals surface area contributed by atoms with Crippen molar-refractivity contribution in [2.75, 3.05) is 26.8 Å². The van der Waals surface area contributed by atoms with Gasteiger partial charge in [-0.15, -0.1) is 0 Å². The van der Waals surface area contributed by atoms with Crippen LogP contribution in [0.15, 0.2) is 65.8 Å². The maximum Gasteiger partial charge on any atom is 0.315 e. The molecule has 3 N–H and O–H groups in total. The van der Waals surface area contributed by atoms with Crippen LogP contribution in [0.4, 0.5) is 4.79 Å². The number of nitrogens with zero attached hydrogens (tertiary/aromatic N) is 4. The first-order valence-electron chi connectivity index (χ1n) is 12.4. The number of azide groups is 1. The van der Waals surface area contributed by atoms with Gasteiger partial charge in [0.05, 0.1) is 5.60 Å². The summed E-state index contributed by atoms with van der Waals surface area (Å²) in [5, 5.41) is 16.3. The number of primary amides is 1. The predicted octanol–water partition coefficient (Wildman–Crippen LogP) is 5.02. The first-order chi connectivity index (χ1) is 17.0. The normalized spacial score (nSPS) is 20.5. The monoisotopic (exact) mass is 479 g/mol. The van der Waals surface area contributed by atoms with E-state index in [-0.39, 0.29) is 24.4 Å². The molecule has 35 heavy (non-hydrogen) atoms. The number of urea groups is 1. The third-order valence-corrected chi connectivity index (χ3v) is 7.22. The second-order valence-electron chi connectivity index (χ2n) is 9.37. The van der Waals surface area contributed by atoms with Gasteiger partial charge in [0.1, 0.15) is 0 Å². The van der Waals surface area contributed by atoms with Crippen LogP contribution in [0.3, 0.4) is 0 Å². The van der Waals surface area contributed by atoms with Crippen LogP contribution < -0.4 is 5.73 Å². The fourth-order valence-electron chi connectivity index (χ4n) is 5.64. The second-order valence-corrected chi connectivity index (χ2v) is 9.37. The van der Waals surface area contributed by atoms with Gasteiger partial charge in [-0.2, -0.15) is 0 Å². The number of carbonyl (C=O) groups excluding carboxylic acids is 1. The van der Waals surface area contributed by atoms with Crippen LogP contribution in [0.25, 0.3) is 10.4 Å². The van der Waals surface area contributed by atoms with Crippen molar-refractivity contribution in [3.8, 4) is 0 Å². The van der Waals surface area contributed by atoms with Crippen LogP contribution in [0.1, 0.15) is 43.2 Å². The molecule has 188 valence electrons. The Labute approximate surface area is 207 Å². The molecule has 1 aliphatic rings. The number of unbranched alkanes of at least 4 members (excludes halogenated alkanes) is 1. The van der Waals surface area contributed by atoms with Crippen molar-refractivity contribution < 1.29 is 14.6 Å². The van der Waals surface area contributed by atoms with Gasteiger partial charge in [-0.25, -0.2) is 4.79 Å². The van der Waals surface area contributed by atoms with Crippen molar-refractivity contribution in [2.45, 2.75) is 50.2 Å². The molecule has 0 aromatic heterocycles. The van der Waals surface area contributed by atoms with Crippen molar-refractivity contribution in [3.05, 3.63) is 82.2 Å². The number of carbonyl (C=O) groups is 1. The molecule has 2 amide bonds. The molecule has 0 saturated carbocycles. The van der Waals surface area contributed by atoms with Gasteiger partial charge < -0.3 is 20.5 Å². The summed E-state index contributed by atoms with van der Waals surface area (Å²) in [5.41, 5.74) is 15.8. The molecular formula is C27H37N5O3. The lowest BCUT2D eigenvalue weighted by Crippen LogP contribution is -2.59. The van der Waals surface area contributed by atoms with Gasteiger partial charge in [0, 0.05) is 43.7 Å². The average molecular weight is 480 g/mol. The van der Waals surface area contributed by atoms with E-state index in [1.807, 2.05) is 60.7 Å². The van der Waals surface area contributed by atoms with E-state index >= 15 is 0 Å². The lowest BCUT2D eigenvalue weighted by molar-refractivity contribution is -0.0908. The summed E-state index contributed by atoms with van der Waals surface area (Å²) in [5.74, 6) is -0.461. The number of benzene rings is 2. The Balaban J connectivity index is 2.05. The highest BCUT2D eigenvalue weighted by molar-refractivity contribution is 5.72. The molecule has 1 fully saturated rings. The van der Waals surface area contributed by atoms with E-state index in [9.17, 15) is 9.90 Å².